The van der Waals surface area contributed by atoms with Gasteiger partial charge in [0.05, 0.1) is 5.92 Å². The summed E-state index contributed by atoms with van der Waals surface area (Å²) < 4.78 is 5.28. The Kier molecular flexibility index (Phi) is 3.96. The van der Waals surface area contributed by atoms with Crippen LogP contribution in [0, 0.1) is 20.8 Å². The quantitative estimate of drug-likeness (QED) is 0.855. The summed E-state index contributed by atoms with van der Waals surface area (Å²) in [5, 5.41) is 3.85. The highest BCUT2D eigenvalue weighted by molar-refractivity contribution is 5.94. The SMILES string of the molecule is Cc1cc(C)cc(C(=O)N2CCC[C@@H](c3nc(C)no3)C2)c1. The van der Waals surface area contributed by atoms with Crippen molar-refractivity contribution in [1.29, 1.82) is 0 Å². The van der Waals surface area contributed by atoms with Gasteiger partial charge in [0.15, 0.2) is 5.82 Å². The van der Waals surface area contributed by atoms with Crippen molar-refractivity contribution in [2.45, 2.75) is 39.5 Å². The molecule has 0 bridgehead atoms. The van der Waals surface area contributed by atoms with Crippen molar-refractivity contribution in [2.24, 2.45) is 0 Å². The lowest BCUT2D eigenvalue weighted by atomic mass is 9.97. The number of aromatic nitrogens is 2. The molecule has 22 heavy (non-hydrogen) atoms. The first kappa shape index (κ1) is 14.8. The van der Waals surface area contributed by atoms with Crippen molar-refractivity contribution in [3.05, 3.63) is 46.6 Å². The molecule has 1 fully saturated rings. The number of hydrogen-bond donors (Lipinski definition) is 0. The molecule has 0 unspecified atom stereocenters. The van der Waals surface area contributed by atoms with Gasteiger partial charge in [-0.1, -0.05) is 22.3 Å². The molecular weight excluding hydrogens is 278 g/mol. The minimum Gasteiger partial charge on any atom is -0.339 e. The van der Waals surface area contributed by atoms with Crippen LogP contribution in [0.25, 0.3) is 0 Å². The number of rotatable bonds is 2. The second-order valence-electron chi connectivity index (χ2n) is 6.15. The van der Waals surface area contributed by atoms with Gasteiger partial charge in [0.2, 0.25) is 5.89 Å². The number of amides is 1. The van der Waals surface area contributed by atoms with Crippen molar-refractivity contribution in [3.63, 3.8) is 0 Å². The summed E-state index contributed by atoms with van der Waals surface area (Å²) >= 11 is 0. The summed E-state index contributed by atoms with van der Waals surface area (Å²) in [6, 6.07) is 5.99. The highest BCUT2D eigenvalue weighted by Crippen LogP contribution is 2.26. The van der Waals surface area contributed by atoms with Crippen LogP contribution in [-0.4, -0.2) is 34.0 Å². The lowest BCUT2D eigenvalue weighted by Crippen LogP contribution is -2.39. The molecule has 1 atom stereocenters. The topological polar surface area (TPSA) is 59.2 Å². The van der Waals surface area contributed by atoms with Gasteiger partial charge in [0.25, 0.3) is 5.91 Å². The summed E-state index contributed by atoms with van der Waals surface area (Å²) in [5.41, 5.74) is 2.99. The average Bonchev–Trinajstić information content (AvgIpc) is 2.92. The molecule has 1 aromatic heterocycles. The van der Waals surface area contributed by atoms with Crippen LogP contribution in [0.4, 0.5) is 0 Å². The molecule has 5 nitrogen and oxygen atoms in total. The first-order chi connectivity index (χ1) is 10.5. The fourth-order valence-corrected chi connectivity index (χ4v) is 3.12. The summed E-state index contributed by atoms with van der Waals surface area (Å²) in [6.45, 7) is 7.28. The van der Waals surface area contributed by atoms with E-state index in [4.69, 9.17) is 4.52 Å². The molecule has 116 valence electrons. The molecule has 1 aromatic carbocycles. The number of aryl methyl sites for hydroxylation is 3. The number of carbonyl (C=O) groups is 1. The predicted octanol–water partition coefficient (Wildman–Crippen LogP) is 3.01. The molecule has 1 aliphatic rings. The standard InChI is InChI=1S/C17H21N3O2/c1-11-7-12(2)9-15(8-11)17(21)20-6-4-5-14(10-20)16-18-13(3)19-22-16/h7-9,14H,4-6,10H2,1-3H3/t14-/m1/s1. The second kappa shape index (κ2) is 5.91. The third kappa shape index (κ3) is 3.03. The first-order valence-corrected chi connectivity index (χ1v) is 7.70. The van der Waals surface area contributed by atoms with Crippen molar-refractivity contribution in [2.75, 3.05) is 13.1 Å². The third-order valence-electron chi connectivity index (χ3n) is 4.07. The number of benzene rings is 1. The van der Waals surface area contributed by atoms with E-state index in [-0.39, 0.29) is 11.8 Å². The van der Waals surface area contributed by atoms with Crippen molar-refractivity contribution in [1.82, 2.24) is 15.0 Å². The molecule has 0 N–H and O–H groups in total. The highest BCUT2D eigenvalue weighted by atomic mass is 16.5. The van der Waals surface area contributed by atoms with Gasteiger partial charge < -0.3 is 9.42 Å². The Morgan fingerprint density at radius 3 is 2.59 bits per heavy atom. The number of piperidine rings is 1. The first-order valence-electron chi connectivity index (χ1n) is 7.70. The Hall–Kier alpha value is -2.17. The van der Waals surface area contributed by atoms with Crippen molar-refractivity contribution >= 4 is 5.91 Å². The van der Waals surface area contributed by atoms with Crippen LogP contribution in [0.2, 0.25) is 0 Å². The van der Waals surface area contributed by atoms with Gasteiger partial charge in [0, 0.05) is 18.7 Å². The molecule has 2 aromatic rings. The van der Waals surface area contributed by atoms with E-state index in [0.29, 0.717) is 18.3 Å². The molecule has 1 saturated heterocycles. The van der Waals surface area contributed by atoms with Gasteiger partial charge in [0.1, 0.15) is 0 Å². The highest BCUT2D eigenvalue weighted by Gasteiger charge is 2.28. The zero-order valence-corrected chi connectivity index (χ0v) is 13.3. The maximum atomic E-state index is 12.7. The number of nitrogens with zero attached hydrogens (tertiary/aromatic N) is 3. The summed E-state index contributed by atoms with van der Waals surface area (Å²) in [6.07, 6.45) is 1.95. The zero-order valence-electron chi connectivity index (χ0n) is 13.3. The molecule has 2 heterocycles. The van der Waals surface area contributed by atoms with Crippen molar-refractivity contribution in [3.8, 4) is 0 Å². The van der Waals surface area contributed by atoms with Crippen LogP contribution >= 0.6 is 0 Å². The molecule has 0 aliphatic carbocycles. The molecule has 3 rings (SSSR count). The van der Waals surface area contributed by atoms with E-state index in [2.05, 4.69) is 16.2 Å². The zero-order chi connectivity index (χ0) is 15.7. The minimum atomic E-state index is 0.0905. The van der Waals surface area contributed by atoms with Gasteiger partial charge in [-0.15, -0.1) is 0 Å². The Bertz CT molecular complexity index is 673. The van der Waals surface area contributed by atoms with E-state index in [9.17, 15) is 4.79 Å². The number of hydrogen-bond acceptors (Lipinski definition) is 4. The molecule has 5 heteroatoms. The number of likely N-dealkylation sites (tertiary alicyclic amines) is 1. The Labute approximate surface area is 130 Å². The van der Waals surface area contributed by atoms with E-state index in [1.807, 2.05) is 37.8 Å². The van der Waals surface area contributed by atoms with E-state index in [1.165, 1.54) is 0 Å². The smallest absolute Gasteiger partial charge is 0.253 e. The maximum absolute atomic E-state index is 12.7. The summed E-state index contributed by atoms with van der Waals surface area (Å²) in [7, 11) is 0. The van der Waals surface area contributed by atoms with Gasteiger partial charge in [-0.3, -0.25) is 4.79 Å². The van der Waals surface area contributed by atoms with E-state index in [1.54, 1.807) is 0 Å². The Morgan fingerprint density at radius 2 is 1.95 bits per heavy atom. The second-order valence-corrected chi connectivity index (χ2v) is 6.15. The Balaban J connectivity index is 1.77. The van der Waals surface area contributed by atoms with Gasteiger partial charge in [-0.2, -0.15) is 4.98 Å². The average molecular weight is 299 g/mol. The molecule has 1 aliphatic heterocycles. The molecule has 0 saturated carbocycles. The van der Waals surface area contributed by atoms with E-state index in [0.717, 1.165) is 36.1 Å². The predicted molar refractivity (Wildman–Crippen MR) is 82.8 cm³/mol. The van der Waals surface area contributed by atoms with Crippen LogP contribution in [0.1, 0.15) is 52.0 Å². The van der Waals surface area contributed by atoms with Gasteiger partial charge in [-0.05, 0) is 45.7 Å². The van der Waals surface area contributed by atoms with Crippen LogP contribution in [-0.2, 0) is 0 Å². The monoisotopic (exact) mass is 299 g/mol. The van der Waals surface area contributed by atoms with Crippen LogP contribution in [0.3, 0.4) is 0 Å². The van der Waals surface area contributed by atoms with Gasteiger partial charge >= 0.3 is 0 Å². The minimum absolute atomic E-state index is 0.0905. The lowest BCUT2D eigenvalue weighted by Gasteiger charge is -2.31. The fourth-order valence-electron chi connectivity index (χ4n) is 3.12. The third-order valence-corrected chi connectivity index (χ3v) is 4.07. The number of carbonyl (C=O) groups excluding carboxylic acids is 1. The van der Waals surface area contributed by atoms with Crippen LogP contribution in [0.15, 0.2) is 22.7 Å². The van der Waals surface area contributed by atoms with Crippen LogP contribution < -0.4 is 0 Å². The largest absolute Gasteiger partial charge is 0.339 e. The lowest BCUT2D eigenvalue weighted by molar-refractivity contribution is 0.0695. The maximum Gasteiger partial charge on any atom is 0.253 e. The normalized spacial score (nSPS) is 18.5. The fraction of sp³-hybridized carbons (Fsp3) is 0.471. The molecule has 0 spiro atoms. The van der Waals surface area contributed by atoms with Crippen LogP contribution in [0.5, 0.6) is 0 Å². The summed E-state index contributed by atoms with van der Waals surface area (Å²) in [4.78, 5) is 19.0. The van der Waals surface area contributed by atoms with E-state index >= 15 is 0 Å². The van der Waals surface area contributed by atoms with Crippen molar-refractivity contribution < 1.29 is 9.32 Å². The molecule has 1 amide bonds. The molecular formula is C17H21N3O2. The van der Waals surface area contributed by atoms with E-state index < -0.39 is 0 Å². The van der Waals surface area contributed by atoms with Gasteiger partial charge in [-0.25, -0.2) is 0 Å². The Morgan fingerprint density at radius 1 is 1.23 bits per heavy atom. The molecule has 0 radical (unpaired) electrons. The summed E-state index contributed by atoms with van der Waals surface area (Å²) in [5.74, 6) is 1.53.